The van der Waals surface area contributed by atoms with E-state index in [0.717, 1.165) is 27.6 Å². The Labute approximate surface area is 122 Å². The second kappa shape index (κ2) is 4.98. The Morgan fingerprint density at radius 1 is 1.21 bits per heavy atom. The molecule has 0 spiro atoms. The summed E-state index contributed by atoms with van der Waals surface area (Å²) in [7, 11) is 3.25. The Balaban J connectivity index is 1.90. The number of ether oxygens (including phenoxy) is 2. The minimum absolute atomic E-state index is 0.419. The molecule has 0 radical (unpaired) electrons. The average molecular weight is 327 g/mol. The van der Waals surface area contributed by atoms with E-state index >= 15 is 0 Å². The molecule has 2 fully saturated rings. The normalized spacial score (nSPS) is 29.8. The molecule has 2 saturated carbocycles. The SMILES string of the molecule is COc1ccc(C(O)C2C3CCCC32)c(OC)c1Br. The van der Waals surface area contributed by atoms with E-state index in [1.807, 2.05) is 12.1 Å². The second-order valence-electron chi connectivity index (χ2n) is 5.49. The fraction of sp³-hybridized carbons (Fsp3) is 0.600. The van der Waals surface area contributed by atoms with Crippen LogP contribution in [0.3, 0.4) is 0 Å². The van der Waals surface area contributed by atoms with E-state index in [0.29, 0.717) is 11.7 Å². The Bertz CT molecular complexity index is 479. The first-order valence-electron chi connectivity index (χ1n) is 6.77. The van der Waals surface area contributed by atoms with Crippen molar-refractivity contribution in [3.63, 3.8) is 0 Å². The minimum atomic E-state index is -0.424. The van der Waals surface area contributed by atoms with Gasteiger partial charge in [0.25, 0.3) is 0 Å². The van der Waals surface area contributed by atoms with Crippen LogP contribution in [-0.2, 0) is 0 Å². The number of halogens is 1. The van der Waals surface area contributed by atoms with Crippen LogP contribution in [0.4, 0.5) is 0 Å². The number of benzene rings is 1. The van der Waals surface area contributed by atoms with Crippen molar-refractivity contribution in [2.75, 3.05) is 14.2 Å². The first kappa shape index (κ1) is 13.3. The highest BCUT2D eigenvalue weighted by molar-refractivity contribution is 9.10. The number of rotatable bonds is 4. The Kier molecular flexibility index (Phi) is 3.48. The summed E-state index contributed by atoms with van der Waals surface area (Å²) >= 11 is 3.49. The van der Waals surface area contributed by atoms with Crippen LogP contribution < -0.4 is 9.47 Å². The second-order valence-corrected chi connectivity index (χ2v) is 6.28. The van der Waals surface area contributed by atoms with Crippen molar-refractivity contribution in [3.05, 3.63) is 22.2 Å². The van der Waals surface area contributed by atoms with Crippen molar-refractivity contribution in [1.82, 2.24) is 0 Å². The van der Waals surface area contributed by atoms with Crippen LogP contribution in [0.25, 0.3) is 0 Å². The number of hydrogen-bond acceptors (Lipinski definition) is 3. The third-order valence-corrected chi connectivity index (χ3v) is 5.42. The summed E-state index contributed by atoms with van der Waals surface area (Å²) in [6.07, 6.45) is 3.44. The minimum Gasteiger partial charge on any atom is -0.495 e. The van der Waals surface area contributed by atoms with Gasteiger partial charge in [0, 0.05) is 5.56 Å². The van der Waals surface area contributed by atoms with Crippen molar-refractivity contribution < 1.29 is 14.6 Å². The lowest BCUT2D eigenvalue weighted by Crippen LogP contribution is -2.07. The molecule has 3 nitrogen and oxygen atoms in total. The van der Waals surface area contributed by atoms with Crippen LogP contribution in [0.1, 0.15) is 30.9 Å². The molecule has 19 heavy (non-hydrogen) atoms. The van der Waals surface area contributed by atoms with Gasteiger partial charge in [0.15, 0.2) is 0 Å². The molecular weight excluding hydrogens is 308 g/mol. The monoisotopic (exact) mass is 326 g/mol. The maximum atomic E-state index is 10.6. The van der Waals surface area contributed by atoms with Crippen molar-refractivity contribution in [1.29, 1.82) is 0 Å². The molecule has 1 aromatic carbocycles. The van der Waals surface area contributed by atoms with Crippen LogP contribution in [0, 0.1) is 17.8 Å². The van der Waals surface area contributed by atoms with Crippen LogP contribution >= 0.6 is 15.9 Å². The molecule has 3 atom stereocenters. The van der Waals surface area contributed by atoms with Crippen LogP contribution in [0.15, 0.2) is 16.6 Å². The van der Waals surface area contributed by atoms with Gasteiger partial charge in [-0.1, -0.05) is 6.42 Å². The van der Waals surface area contributed by atoms with Crippen LogP contribution in [0.2, 0.25) is 0 Å². The lowest BCUT2D eigenvalue weighted by Gasteiger charge is -2.18. The third-order valence-electron chi connectivity index (χ3n) is 4.67. The molecule has 4 heteroatoms. The molecule has 1 N–H and O–H groups in total. The third kappa shape index (κ3) is 2.05. The summed E-state index contributed by atoms with van der Waals surface area (Å²) in [5.74, 6) is 3.28. The molecule has 0 aliphatic heterocycles. The molecule has 0 bridgehead atoms. The lowest BCUT2D eigenvalue weighted by atomic mass is 9.98. The highest BCUT2D eigenvalue weighted by Gasteiger charge is 2.56. The topological polar surface area (TPSA) is 38.7 Å². The predicted molar refractivity (Wildman–Crippen MR) is 76.5 cm³/mol. The molecule has 0 saturated heterocycles. The summed E-state index contributed by atoms with van der Waals surface area (Å²) in [4.78, 5) is 0. The van der Waals surface area contributed by atoms with Gasteiger partial charge in [-0.3, -0.25) is 0 Å². The molecule has 2 aliphatic carbocycles. The zero-order valence-electron chi connectivity index (χ0n) is 11.2. The first-order valence-corrected chi connectivity index (χ1v) is 7.56. The molecule has 0 amide bonds. The molecule has 0 heterocycles. The number of aliphatic hydroxyl groups is 1. The van der Waals surface area contributed by atoms with E-state index in [9.17, 15) is 5.11 Å². The quantitative estimate of drug-likeness (QED) is 0.919. The van der Waals surface area contributed by atoms with E-state index in [-0.39, 0.29) is 0 Å². The summed E-state index contributed by atoms with van der Waals surface area (Å²) in [6, 6.07) is 3.80. The van der Waals surface area contributed by atoms with Crippen molar-refractivity contribution in [3.8, 4) is 11.5 Å². The maximum absolute atomic E-state index is 10.6. The summed E-state index contributed by atoms with van der Waals surface area (Å²) < 4.78 is 11.5. The van der Waals surface area contributed by atoms with E-state index in [2.05, 4.69) is 15.9 Å². The molecule has 0 aromatic heterocycles. The van der Waals surface area contributed by atoms with Crippen molar-refractivity contribution in [2.24, 2.45) is 17.8 Å². The molecule has 3 unspecified atom stereocenters. The zero-order valence-corrected chi connectivity index (χ0v) is 12.8. The zero-order chi connectivity index (χ0) is 13.6. The molecule has 1 aromatic rings. The van der Waals surface area contributed by atoms with Crippen LogP contribution in [-0.4, -0.2) is 19.3 Å². The van der Waals surface area contributed by atoms with E-state index in [1.165, 1.54) is 19.3 Å². The van der Waals surface area contributed by atoms with E-state index < -0.39 is 6.10 Å². The molecule has 104 valence electrons. The van der Waals surface area contributed by atoms with Crippen molar-refractivity contribution in [2.45, 2.75) is 25.4 Å². The smallest absolute Gasteiger partial charge is 0.142 e. The van der Waals surface area contributed by atoms with Gasteiger partial charge in [0.05, 0.1) is 20.3 Å². The summed E-state index contributed by atoms with van der Waals surface area (Å²) in [5, 5.41) is 10.6. The van der Waals surface area contributed by atoms with Crippen LogP contribution in [0.5, 0.6) is 11.5 Å². The molecular formula is C15H19BrO3. The maximum Gasteiger partial charge on any atom is 0.142 e. The van der Waals surface area contributed by atoms with Gasteiger partial charge in [0.1, 0.15) is 16.0 Å². The standard InChI is InChI=1S/C15H19BrO3/c1-18-11-7-6-10(15(19-2)13(11)16)14(17)12-8-4-3-5-9(8)12/h6-9,12,14,17H,3-5H2,1-2H3. The summed E-state index contributed by atoms with van der Waals surface area (Å²) in [6.45, 7) is 0. The van der Waals surface area contributed by atoms with Gasteiger partial charge in [-0.25, -0.2) is 0 Å². The van der Waals surface area contributed by atoms with Gasteiger partial charge in [0.2, 0.25) is 0 Å². The summed E-state index contributed by atoms with van der Waals surface area (Å²) in [5.41, 5.74) is 0.870. The highest BCUT2D eigenvalue weighted by atomic mass is 79.9. The largest absolute Gasteiger partial charge is 0.495 e. The van der Waals surface area contributed by atoms with Gasteiger partial charge < -0.3 is 14.6 Å². The fourth-order valence-corrected chi connectivity index (χ4v) is 4.39. The van der Waals surface area contributed by atoms with Gasteiger partial charge in [-0.15, -0.1) is 0 Å². The number of fused-ring (bicyclic) bond motifs is 1. The van der Waals surface area contributed by atoms with E-state index in [1.54, 1.807) is 14.2 Å². The molecule has 3 rings (SSSR count). The first-order chi connectivity index (χ1) is 9.19. The molecule has 2 aliphatic rings. The predicted octanol–water partition coefficient (Wildman–Crippen LogP) is 3.55. The van der Waals surface area contributed by atoms with Crippen molar-refractivity contribution >= 4 is 15.9 Å². The number of hydrogen-bond donors (Lipinski definition) is 1. The highest BCUT2D eigenvalue weighted by Crippen LogP contribution is 2.63. The van der Waals surface area contributed by atoms with E-state index in [4.69, 9.17) is 9.47 Å². The number of methoxy groups -OCH3 is 2. The fourth-order valence-electron chi connectivity index (χ4n) is 3.70. The Morgan fingerprint density at radius 3 is 2.47 bits per heavy atom. The lowest BCUT2D eigenvalue weighted by molar-refractivity contribution is 0.133. The van der Waals surface area contributed by atoms with Gasteiger partial charge in [-0.2, -0.15) is 0 Å². The van der Waals surface area contributed by atoms with Gasteiger partial charge >= 0.3 is 0 Å². The average Bonchev–Trinajstić information content (AvgIpc) is 2.90. The Morgan fingerprint density at radius 2 is 1.89 bits per heavy atom. The Hall–Kier alpha value is -0.740. The number of aliphatic hydroxyl groups excluding tert-OH is 1. The van der Waals surface area contributed by atoms with Gasteiger partial charge in [-0.05, 0) is 58.7 Å².